The molecule has 33 heavy (non-hydrogen) atoms. The SMILES string of the molecule is O=C(NN=Cc1ccccc1OCc1ccccc1)c1ccccc1OCc1ccccc1. The summed E-state index contributed by atoms with van der Waals surface area (Å²) >= 11 is 0. The number of benzene rings is 4. The first-order chi connectivity index (χ1) is 16.3. The van der Waals surface area contributed by atoms with Gasteiger partial charge in [0.2, 0.25) is 0 Å². The number of nitrogens with one attached hydrogen (secondary N) is 1. The highest BCUT2D eigenvalue weighted by Crippen LogP contribution is 2.20. The lowest BCUT2D eigenvalue weighted by Crippen LogP contribution is -2.18. The molecule has 1 N–H and O–H groups in total. The third-order valence-corrected chi connectivity index (χ3v) is 4.89. The summed E-state index contributed by atoms with van der Waals surface area (Å²) in [6.07, 6.45) is 1.58. The summed E-state index contributed by atoms with van der Waals surface area (Å²) in [5, 5.41) is 4.13. The van der Waals surface area contributed by atoms with E-state index in [1.54, 1.807) is 24.4 Å². The summed E-state index contributed by atoms with van der Waals surface area (Å²) in [5.41, 5.74) is 5.86. The lowest BCUT2D eigenvalue weighted by molar-refractivity contribution is 0.0950. The van der Waals surface area contributed by atoms with Crippen LogP contribution >= 0.6 is 0 Å². The van der Waals surface area contributed by atoms with Gasteiger partial charge < -0.3 is 9.47 Å². The number of ether oxygens (including phenoxy) is 2. The van der Waals surface area contributed by atoms with E-state index >= 15 is 0 Å². The monoisotopic (exact) mass is 436 g/mol. The Bertz CT molecular complexity index is 1210. The molecule has 0 unspecified atom stereocenters. The van der Waals surface area contributed by atoms with Crippen LogP contribution in [0.25, 0.3) is 0 Å². The Morgan fingerprint density at radius 1 is 0.667 bits per heavy atom. The molecule has 4 rings (SSSR count). The second-order valence-corrected chi connectivity index (χ2v) is 7.28. The maximum absolute atomic E-state index is 12.7. The Morgan fingerprint density at radius 2 is 1.18 bits per heavy atom. The van der Waals surface area contributed by atoms with Crippen molar-refractivity contribution in [3.05, 3.63) is 131 Å². The number of hydrazone groups is 1. The second-order valence-electron chi connectivity index (χ2n) is 7.28. The molecule has 0 aliphatic carbocycles. The molecule has 0 aliphatic heterocycles. The van der Waals surface area contributed by atoms with E-state index in [2.05, 4.69) is 10.5 Å². The fourth-order valence-corrected chi connectivity index (χ4v) is 3.19. The van der Waals surface area contributed by atoms with Crippen molar-refractivity contribution >= 4 is 12.1 Å². The van der Waals surface area contributed by atoms with Gasteiger partial charge in [-0.3, -0.25) is 4.79 Å². The third-order valence-electron chi connectivity index (χ3n) is 4.89. The quantitative estimate of drug-likeness (QED) is 0.274. The van der Waals surface area contributed by atoms with Crippen LogP contribution in [0, 0.1) is 0 Å². The Kier molecular flexibility index (Phi) is 7.48. The first-order valence-electron chi connectivity index (χ1n) is 10.6. The predicted molar refractivity (Wildman–Crippen MR) is 129 cm³/mol. The number of para-hydroxylation sites is 2. The minimum atomic E-state index is -0.349. The number of nitrogens with zero attached hydrogens (tertiary/aromatic N) is 1. The summed E-state index contributed by atoms with van der Waals surface area (Å²) in [5.74, 6) is 0.837. The molecule has 0 saturated heterocycles. The normalized spacial score (nSPS) is 10.7. The smallest absolute Gasteiger partial charge is 0.275 e. The van der Waals surface area contributed by atoms with E-state index in [0.717, 1.165) is 16.7 Å². The molecule has 4 aromatic rings. The van der Waals surface area contributed by atoms with Crippen molar-refractivity contribution in [1.29, 1.82) is 0 Å². The van der Waals surface area contributed by atoms with E-state index < -0.39 is 0 Å². The Labute approximate surface area is 193 Å². The minimum absolute atomic E-state index is 0.349. The van der Waals surface area contributed by atoms with E-state index in [9.17, 15) is 4.79 Å². The number of rotatable bonds is 9. The highest BCUT2D eigenvalue weighted by atomic mass is 16.5. The molecule has 0 atom stereocenters. The first-order valence-corrected chi connectivity index (χ1v) is 10.6. The summed E-state index contributed by atoms with van der Waals surface area (Å²) in [6.45, 7) is 0.824. The third kappa shape index (κ3) is 6.31. The Hall–Kier alpha value is -4.38. The highest BCUT2D eigenvalue weighted by molar-refractivity contribution is 5.97. The van der Waals surface area contributed by atoms with E-state index in [4.69, 9.17) is 9.47 Å². The van der Waals surface area contributed by atoms with Gasteiger partial charge in [-0.25, -0.2) is 5.43 Å². The van der Waals surface area contributed by atoms with Gasteiger partial charge in [0.25, 0.3) is 5.91 Å². The standard InChI is InChI=1S/C28H24N2O3/c31-28(25-16-8-10-18-27(25)33-21-23-13-5-2-6-14-23)30-29-19-24-15-7-9-17-26(24)32-20-22-11-3-1-4-12-22/h1-19H,20-21H2,(H,30,31). The van der Waals surface area contributed by atoms with Crippen molar-refractivity contribution in [1.82, 2.24) is 5.43 Å². The zero-order valence-corrected chi connectivity index (χ0v) is 18.1. The summed E-state index contributed by atoms with van der Waals surface area (Å²) in [6, 6.07) is 34.4. The lowest BCUT2D eigenvalue weighted by Gasteiger charge is -2.11. The van der Waals surface area contributed by atoms with Crippen molar-refractivity contribution in [3.8, 4) is 11.5 Å². The van der Waals surface area contributed by atoms with Crippen LogP contribution in [0.5, 0.6) is 11.5 Å². The van der Waals surface area contributed by atoms with Crippen molar-refractivity contribution in [2.24, 2.45) is 5.10 Å². The van der Waals surface area contributed by atoms with Gasteiger partial charge in [-0.05, 0) is 35.4 Å². The molecule has 4 aromatic carbocycles. The Balaban J connectivity index is 1.39. The molecule has 0 heterocycles. The number of carbonyl (C=O) groups is 1. The Morgan fingerprint density at radius 3 is 1.85 bits per heavy atom. The van der Waals surface area contributed by atoms with Crippen LogP contribution in [0.1, 0.15) is 27.0 Å². The van der Waals surface area contributed by atoms with Crippen LogP contribution in [0.3, 0.4) is 0 Å². The van der Waals surface area contributed by atoms with Crippen LogP contribution in [-0.4, -0.2) is 12.1 Å². The van der Waals surface area contributed by atoms with Gasteiger partial charge in [0.15, 0.2) is 0 Å². The molecule has 0 saturated carbocycles. The maximum atomic E-state index is 12.7. The predicted octanol–water partition coefficient (Wildman–Crippen LogP) is 5.61. The molecule has 5 nitrogen and oxygen atoms in total. The molecule has 0 aliphatic rings. The zero-order chi connectivity index (χ0) is 22.7. The van der Waals surface area contributed by atoms with Gasteiger partial charge in [0.05, 0.1) is 11.8 Å². The van der Waals surface area contributed by atoms with E-state index in [0.29, 0.717) is 30.3 Å². The second kappa shape index (κ2) is 11.3. The summed E-state index contributed by atoms with van der Waals surface area (Å²) < 4.78 is 11.8. The van der Waals surface area contributed by atoms with Crippen LogP contribution in [-0.2, 0) is 13.2 Å². The molecule has 0 bridgehead atoms. The van der Waals surface area contributed by atoms with E-state index in [-0.39, 0.29) is 5.91 Å². The number of carbonyl (C=O) groups excluding carboxylic acids is 1. The molecule has 0 aromatic heterocycles. The number of hydrogen-bond donors (Lipinski definition) is 1. The zero-order valence-electron chi connectivity index (χ0n) is 18.1. The van der Waals surface area contributed by atoms with Gasteiger partial charge in [-0.1, -0.05) is 84.9 Å². The van der Waals surface area contributed by atoms with Gasteiger partial charge in [-0.2, -0.15) is 5.10 Å². The topological polar surface area (TPSA) is 59.9 Å². The van der Waals surface area contributed by atoms with Gasteiger partial charge >= 0.3 is 0 Å². The van der Waals surface area contributed by atoms with Gasteiger partial charge in [0.1, 0.15) is 24.7 Å². The van der Waals surface area contributed by atoms with E-state index in [1.165, 1.54) is 0 Å². The van der Waals surface area contributed by atoms with Crippen LogP contribution < -0.4 is 14.9 Å². The van der Waals surface area contributed by atoms with Crippen molar-refractivity contribution in [2.45, 2.75) is 13.2 Å². The summed E-state index contributed by atoms with van der Waals surface area (Å²) in [4.78, 5) is 12.7. The molecule has 0 spiro atoms. The van der Waals surface area contributed by atoms with E-state index in [1.807, 2.05) is 91.0 Å². The lowest BCUT2D eigenvalue weighted by atomic mass is 10.2. The van der Waals surface area contributed by atoms with Crippen molar-refractivity contribution < 1.29 is 14.3 Å². The summed E-state index contributed by atoms with van der Waals surface area (Å²) in [7, 11) is 0. The molecule has 5 heteroatoms. The molecular formula is C28H24N2O3. The molecular weight excluding hydrogens is 412 g/mol. The molecule has 1 amide bonds. The fourth-order valence-electron chi connectivity index (χ4n) is 3.19. The highest BCUT2D eigenvalue weighted by Gasteiger charge is 2.11. The average molecular weight is 437 g/mol. The molecule has 0 radical (unpaired) electrons. The number of amides is 1. The van der Waals surface area contributed by atoms with Crippen molar-refractivity contribution in [2.75, 3.05) is 0 Å². The van der Waals surface area contributed by atoms with Crippen molar-refractivity contribution in [3.63, 3.8) is 0 Å². The molecule has 164 valence electrons. The van der Waals surface area contributed by atoms with Crippen LogP contribution in [0.2, 0.25) is 0 Å². The van der Waals surface area contributed by atoms with Crippen LogP contribution in [0.4, 0.5) is 0 Å². The number of hydrogen-bond acceptors (Lipinski definition) is 4. The fraction of sp³-hybridized carbons (Fsp3) is 0.0714. The average Bonchev–Trinajstić information content (AvgIpc) is 2.88. The van der Waals surface area contributed by atoms with Gasteiger partial charge in [-0.15, -0.1) is 0 Å². The van der Waals surface area contributed by atoms with Crippen LogP contribution in [0.15, 0.2) is 114 Å². The largest absolute Gasteiger partial charge is 0.488 e. The maximum Gasteiger partial charge on any atom is 0.275 e. The first kappa shape index (κ1) is 21.8. The minimum Gasteiger partial charge on any atom is -0.488 e. The molecule has 0 fully saturated rings. The van der Waals surface area contributed by atoms with Gasteiger partial charge in [0, 0.05) is 5.56 Å².